The lowest BCUT2D eigenvalue weighted by Crippen LogP contribution is -2.49. The van der Waals surface area contributed by atoms with Crippen molar-refractivity contribution in [2.75, 3.05) is 43.0 Å². The molecule has 0 aromatic heterocycles. The van der Waals surface area contributed by atoms with Gasteiger partial charge in [-0.2, -0.15) is 0 Å². The van der Waals surface area contributed by atoms with Gasteiger partial charge in [0.05, 0.1) is 11.4 Å². The number of anilines is 2. The van der Waals surface area contributed by atoms with Crippen molar-refractivity contribution in [2.24, 2.45) is 0 Å². The Morgan fingerprint density at radius 3 is 2.35 bits per heavy atom. The molecule has 1 N–H and O–H groups in total. The Bertz CT molecular complexity index is 1170. The zero-order chi connectivity index (χ0) is 24.1. The van der Waals surface area contributed by atoms with Crippen molar-refractivity contribution in [1.29, 1.82) is 0 Å². The number of carbonyl (C=O) groups is 2. The number of hydrogen-bond donors (Lipinski definition) is 1. The average molecular weight is 478 g/mol. The molecule has 0 spiro atoms. The molecule has 0 radical (unpaired) electrons. The first kappa shape index (κ1) is 23.6. The second kappa shape index (κ2) is 10.6. The molecule has 0 saturated carbocycles. The van der Waals surface area contributed by atoms with E-state index in [0.29, 0.717) is 42.5 Å². The SMILES string of the molecule is Cc1ccc(OCC(=O)Nc2ccccc2N2CCN(C(=O)c3ccc(Cl)cc3)CC2)c(C)c1. The number of hydrogen-bond acceptors (Lipinski definition) is 4. The quantitative estimate of drug-likeness (QED) is 0.546. The summed E-state index contributed by atoms with van der Waals surface area (Å²) in [6.45, 7) is 6.46. The molecule has 6 nitrogen and oxygen atoms in total. The van der Waals surface area contributed by atoms with E-state index in [0.717, 1.165) is 22.5 Å². The van der Waals surface area contributed by atoms with Crippen molar-refractivity contribution in [3.63, 3.8) is 0 Å². The Hall–Kier alpha value is -3.51. The number of halogens is 1. The molecule has 1 heterocycles. The lowest BCUT2D eigenvalue weighted by atomic mass is 10.1. The third kappa shape index (κ3) is 5.69. The first-order chi connectivity index (χ1) is 16.4. The second-order valence-corrected chi connectivity index (χ2v) is 8.85. The molecule has 1 fully saturated rings. The number of nitrogens with zero attached hydrogens (tertiary/aromatic N) is 2. The van der Waals surface area contributed by atoms with Gasteiger partial charge in [-0.3, -0.25) is 9.59 Å². The molecule has 1 aliphatic rings. The monoisotopic (exact) mass is 477 g/mol. The summed E-state index contributed by atoms with van der Waals surface area (Å²) in [6, 6.07) is 20.6. The minimum atomic E-state index is -0.219. The molecule has 0 unspecified atom stereocenters. The van der Waals surface area contributed by atoms with E-state index in [4.69, 9.17) is 16.3 Å². The number of benzene rings is 3. The fourth-order valence-corrected chi connectivity index (χ4v) is 4.20. The predicted molar refractivity (Wildman–Crippen MR) is 136 cm³/mol. The minimum Gasteiger partial charge on any atom is -0.483 e. The maximum Gasteiger partial charge on any atom is 0.262 e. The highest BCUT2D eigenvalue weighted by atomic mass is 35.5. The zero-order valence-electron chi connectivity index (χ0n) is 19.4. The van der Waals surface area contributed by atoms with Crippen LogP contribution in [0.15, 0.2) is 66.7 Å². The zero-order valence-corrected chi connectivity index (χ0v) is 20.1. The summed E-state index contributed by atoms with van der Waals surface area (Å²) in [6.07, 6.45) is 0. The van der Waals surface area contributed by atoms with Crippen LogP contribution in [-0.4, -0.2) is 49.5 Å². The molecule has 0 aliphatic carbocycles. The molecule has 3 aromatic carbocycles. The molecule has 0 bridgehead atoms. The van der Waals surface area contributed by atoms with Gasteiger partial charge in [0.1, 0.15) is 5.75 Å². The molecule has 0 atom stereocenters. The number of rotatable bonds is 6. The second-order valence-electron chi connectivity index (χ2n) is 8.41. The Kier molecular flexibility index (Phi) is 7.38. The third-order valence-corrected chi connectivity index (χ3v) is 6.12. The molecular formula is C27H28ClN3O3. The first-order valence-electron chi connectivity index (χ1n) is 11.3. The van der Waals surface area contributed by atoms with Gasteiger partial charge < -0.3 is 19.9 Å². The number of aryl methyl sites for hydroxylation is 2. The van der Waals surface area contributed by atoms with Crippen molar-refractivity contribution in [1.82, 2.24) is 4.90 Å². The van der Waals surface area contributed by atoms with Gasteiger partial charge in [0.2, 0.25) is 0 Å². The van der Waals surface area contributed by atoms with Crippen LogP contribution in [0.5, 0.6) is 5.75 Å². The Balaban J connectivity index is 1.35. The van der Waals surface area contributed by atoms with Crippen LogP contribution in [0.1, 0.15) is 21.5 Å². The molecule has 1 saturated heterocycles. The van der Waals surface area contributed by atoms with Gasteiger partial charge in [-0.1, -0.05) is 41.4 Å². The van der Waals surface area contributed by atoms with Crippen LogP contribution in [0.4, 0.5) is 11.4 Å². The van der Waals surface area contributed by atoms with Gasteiger partial charge in [0.25, 0.3) is 11.8 Å². The van der Waals surface area contributed by atoms with E-state index < -0.39 is 0 Å². The van der Waals surface area contributed by atoms with Crippen molar-refractivity contribution in [3.8, 4) is 5.75 Å². The standard InChI is InChI=1S/C27H28ClN3O3/c1-19-7-12-25(20(2)17-19)34-18-26(32)29-23-5-3-4-6-24(23)30-13-15-31(16-14-30)27(33)21-8-10-22(28)11-9-21/h3-12,17H,13-16,18H2,1-2H3,(H,29,32). The van der Waals surface area contributed by atoms with Gasteiger partial charge in [-0.05, 0) is 61.9 Å². The van der Waals surface area contributed by atoms with Crippen molar-refractivity contribution >= 4 is 34.8 Å². The van der Waals surface area contributed by atoms with Crippen LogP contribution in [-0.2, 0) is 4.79 Å². The molecule has 1 aliphatic heterocycles. The maximum atomic E-state index is 12.8. The number of para-hydroxylation sites is 2. The Morgan fingerprint density at radius 1 is 0.941 bits per heavy atom. The highest BCUT2D eigenvalue weighted by Crippen LogP contribution is 2.27. The first-order valence-corrected chi connectivity index (χ1v) is 11.7. The van der Waals surface area contributed by atoms with E-state index in [1.165, 1.54) is 0 Å². The highest BCUT2D eigenvalue weighted by Gasteiger charge is 2.24. The van der Waals surface area contributed by atoms with Crippen LogP contribution < -0.4 is 15.0 Å². The summed E-state index contributed by atoms with van der Waals surface area (Å²) in [5, 5.41) is 3.59. The summed E-state index contributed by atoms with van der Waals surface area (Å²) < 4.78 is 5.72. The number of amides is 2. The topological polar surface area (TPSA) is 61.9 Å². The van der Waals surface area contributed by atoms with Crippen molar-refractivity contribution in [3.05, 3.63) is 88.4 Å². The van der Waals surface area contributed by atoms with E-state index >= 15 is 0 Å². The van der Waals surface area contributed by atoms with Crippen LogP contribution >= 0.6 is 11.6 Å². The van der Waals surface area contributed by atoms with Gasteiger partial charge >= 0.3 is 0 Å². The summed E-state index contributed by atoms with van der Waals surface area (Å²) in [5.41, 5.74) is 4.45. The predicted octanol–water partition coefficient (Wildman–Crippen LogP) is 4.94. The molecule has 4 rings (SSSR count). The van der Waals surface area contributed by atoms with Crippen LogP contribution in [0.25, 0.3) is 0 Å². The Labute approximate surface area is 205 Å². The van der Waals surface area contributed by atoms with E-state index in [2.05, 4.69) is 10.2 Å². The van der Waals surface area contributed by atoms with E-state index in [1.54, 1.807) is 24.3 Å². The molecular weight excluding hydrogens is 450 g/mol. The molecule has 3 aromatic rings. The van der Waals surface area contributed by atoms with Gasteiger partial charge in [0, 0.05) is 36.8 Å². The number of ether oxygens (including phenoxy) is 1. The fraction of sp³-hybridized carbons (Fsp3) is 0.259. The van der Waals surface area contributed by atoms with Crippen LogP contribution in [0.2, 0.25) is 5.02 Å². The van der Waals surface area contributed by atoms with Crippen LogP contribution in [0, 0.1) is 13.8 Å². The smallest absolute Gasteiger partial charge is 0.262 e. The van der Waals surface area contributed by atoms with E-state index in [1.807, 2.05) is 61.2 Å². The normalized spacial score (nSPS) is 13.5. The lowest BCUT2D eigenvalue weighted by Gasteiger charge is -2.37. The summed E-state index contributed by atoms with van der Waals surface area (Å²) >= 11 is 5.93. The maximum absolute atomic E-state index is 12.8. The molecule has 34 heavy (non-hydrogen) atoms. The minimum absolute atomic E-state index is 0.00134. The van der Waals surface area contributed by atoms with Gasteiger partial charge in [-0.25, -0.2) is 0 Å². The van der Waals surface area contributed by atoms with E-state index in [9.17, 15) is 9.59 Å². The van der Waals surface area contributed by atoms with Crippen LogP contribution in [0.3, 0.4) is 0 Å². The van der Waals surface area contributed by atoms with Crippen molar-refractivity contribution < 1.29 is 14.3 Å². The number of nitrogens with one attached hydrogen (secondary N) is 1. The fourth-order valence-electron chi connectivity index (χ4n) is 4.07. The lowest BCUT2D eigenvalue weighted by molar-refractivity contribution is -0.118. The van der Waals surface area contributed by atoms with E-state index in [-0.39, 0.29) is 18.4 Å². The summed E-state index contributed by atoms with van der Waals surface area (Å²) in [5.74, 6) is 0.487. The van der Waals surface area contributed by atoms with Gasteiger partial charge in [-0.15, -0.1) is 0 Å². The number of carbonyl (C=O) groups excluding carboxylic acids is 2. The molecule has 176 valence electrons. The number of piperazine rings is 1. The molecule has 2 amide bonds. The highest BCUT2D eigenvalue weighted by molar-refractivity contribution is 6.30. The van der Waals surface area contributed by atoms with Gasteiger partial charge in [0.15, 0.2) is 6.61 Å². The van der Waals surface area contributed by atoms with Crippen molar-refractivity contribution in [2.45, 2.75) is 13.8 Å². The summed E-state index contributed by atoms with van der Waals surface area (Å²) in [4.78, 5) is 29.4. The summed E-state index contributed by atoms with van der Waals surface area (Å²) in [7, 11) is 0. The third-order valence-electron chi connectivity index (χ3n) is 5.87. The average Bonchev–Trinajstić information content (AvgIpc) is 2.84. The largest absolute Gasteiger partial charge is 0.483 e. The molecule has 7 heteroatoms. The Morgan fingerprint density at radius 2 is 1.65 bits per heavy atom.